The molecule has 0 spiro atoms. The molecule has 4 heteroatoms. The van der Waals surface area contributed by atoms with Gasteiger partial charge in [0.05, 0.1) is 6.10 Å². The molecule has 2 aromatic rings. The van der Waals surface area contributed by atoms with Crippen molar-refractivity contribution in [3.05, 3.63) is 57.5 Å². The zero-order valence-corrected chi connectivity index (χ0v) is 11.0. The Hall–Kier alpha value is -1.23. The van der Waals surface area contributed by atoms with E-state index in [1.165, 1.54) is 16.5 Å². The topological polar surface area (TPSA) is 32.3 Å². The second kappa shape index (κ2) is 6.09. The molecule has 0 fully saturated rings. The molecule has 1 aromatic heterocycles. The van der Waals surface area contributed by atoms with Crippen LogP contribution in [-0.4, -0.2) is 11.7 Å². The largest absolute Gasteiger partial charge is 0.387 e. The summed E-state index contributed by atoms with van der Waals surface area (Å²) in [4.78, 5) is 1.25. The van der Waals surface area contributed by atoms with E-state index in [1.54, 1.807) is 29.5 Å². The molecule has 0 aliphatic rings. The van der Waals surface area contributed by atoms with E-state index in [0.717, 1.165) is 0 Å². The molecule has 1 aromatic carbocycles. The molecule has 0 saturated heterocycles. The molecule has 0 saturated carbocycles. The van der Waals surface area contributed by atoms with Crippen LogP contribution in [0.3, 0.4) is 0 Å². The van der Waals surface area contributed by atoms with E-state index in [4.69, 9.17) is 0 Å². The molecule has 2 N–H and O–H groups in total. The van der Waals surface area contributed by atoms with E-state index in [2.05, 4.69) is 18.3 Å². The maximum absolute atomic E-state index is 13.4. The first-order valence-electron chi connectivity index (χ1n) is 5.84. The number of benzene rings is 1. The fourth-order valence-corrected chi connectivity index (χ4v) is 2.64. The van der Waals surface area contributed by atoms with Crippen LogP contribution in [0.25, 0.3) is 0 Å². The highest BCUT2D eigenvalue weighted by Gasteiger charge is 2.11. The molecule has 96 valence electrons. The summed E-state index contributed by atoms with van der Waals surface area (Å²) in [6.07, 6.45) is -0.813. The van der Waals surface area contributed by atoms with Crippen molar-refractivity contribution in [2.75, 3.05) is 6.54 Å². The van der Waals surface area contributed by atoms with E-state index >= 15 is 0 Å². The fraction of sp³-hybridized carbons (Fsp3) is 0.286. The fourth-order valence-electron chi connectivity index (χ4n) is 1.76. The first-order chi connectivity index (χ1) is 8.68. The Morgan fingerprint density at radius 2 is 2.11 bits per heavy atom. The van der Waals surface area contributed by atoms with Crippen molar-refractivity contribution in [2.45, 2.75) is 19.6 Å². The third-order valence-corrected chi connectivity index (χ3v) is 3.88. The number of thiophene rings is 1. The normalized spacial score (nSPS) is 12.6. The molecule has 2 rings (SSSR count). The van der Waals surface area contributed by atoms with E-state index < -0.39 is 6.10 Å². The molecule has 0 aliphatic carbocycles. The van der Waals surface area contributed by atoms with Crippen molar-refractivity contribution in [1.29, 1.82) is 0 Å². The highest BCUT2D eigenvalue weighted by molar-refractivity contribution is 7.10. The van der Waals surface area contributed by atoms with E-state index in [0.29, 0.717) is 18.7 Å². The molecule has 1 atom stereocenters. The molecule has 18 heavy (non-hydrogen) atoms. The average Bonchev–Trinajstić information content (AvgIpc) is 2.75. The lowest BCUT2D eigenvalue weighted by molar-refractivity contribution is 0.170. The first-order valence-corrected chi connectivity index (χ1v) is 6.72. The number of aryl methyl sites for hydroxylation is 1. The van der Waals surface area contributed by atoms with Crippen molar-refractivity contribution in [2.24, 2.45) is 0 Å². The monoisotopic (exact) mass is 265 g/mol. The van der Waals surface area contributed by atoms with Gasteiger partial charge in [-0.15, -0.1) is 11.3 Å². The number of halogens is 1. The van der Waals surface area contributed by atoms with Crippen molar-refractivity contribution in [1.82, 2.24) is 5.32 Å². The molecule has 2 nitrogen and oxygen atoms in total. The quantitative estimate of drug-likeness (QED) is 0.871. The summed E-state index contributed by atoms with van der Waals surface area (Å²) in [5.74, 6) is -0.362. The van der Waals surface area contributed by atoms with E-state index in [1.807, 2.05) is 5.38 Å². The molecule has 0 bridgehead atoms. The van der Waals surface area contributed by atoms with Crippen molar-refractivity contribution in [3.63, 3.8) is 0 Å². The first kappa shape index (κ1) is 13.2. The minimum absolute atomic E-state index is 0.341. The number of hydrogen-bond acceptors (Lipinski definition) is 3. The highest BCUT2D eigenvalue weighted by atomic mass is 32.1. The van der Waals surface area contributed by atoms with Gasteiger partial charge < -0.3 is 10.4 Å². The van der Waals surface area contributed by atoms with Gasteiger partial charge in [-0.1, -0.05) is 18.2 Å². The van der Waals surface area contributed by atoms with Gasteiger partial charge >= 0.3 is 0 Å². The Labute approximate surface area is 110 Å². The van der Waals surface area contributed by atoms with Gasteiger partial charge in [0.1, 0.15) is 5.82 Å². The Morgan fingerprint density at radius 3 is 2.78 bits per heavy atom. The summed E-state index contributed by atoms with van der Waals surface area (Å²) >= 11 is 1.68. The lowest BCUT2D eigenvalue weighted by Crippen LogP contribution is -2.21. The maximum Gasteiger partial charge on any atom is 0.129 e. The van der Waals surface area contributed by atoms with Crippen molar-refractivity contribution >= 4 is 11.3 Å². The van der Waals surface area contributed by atoms with Crippen LogP contribution in [0.1, 0.15) is 22.1 Å². The zero-order valence-electron chi connectivity index (χ0n) is 10.2. The molecule has 0 aliphatic heterocycles. The predicted octanol–water partition coefficient (Wildman–Crippen LogP) is 3.02. The second-order valence-corrected chi connectivity index (χ2v) is 5.20. The van der Waals surface area contributed by atoms with Crippen molar-refractivity contribution in [3.8, 4) is 0 Å². The van der Waals surface area contributed by atoms with Crippen LogP contribution in [0, 0.1) is 12.7 Å². The van der Waals surface area contributed by atoms with Crippen LogP contribution < -0.4 is 5.32 Å². The maximum atomic E-state index is 13.4. The minimum atomic E-state index is -0.813. The third kappa shape index (κ3) is 3.16. The van der Waals surface area contributed by atoms with Crippen LogP contribution in [0.15, 0.2) is 35.7 Å². The number of aliphatic hydroxyl groups is 1. The number of aliphatic hydroxyl groups excluding tert-OH is 1. The summed E-state index contributed by atoms with van der Waals surface area (Å²) in [6.45, 7) is 3.11. The summed E-state index contributed by atoms with van der Waals surface area (Å²) < 4.78 is 13.4. The molecule has 0 radical (unpaired) electrons. The number of hydrogen-bond donors (Lipinski definition) is 2. The smallest absolute Gasteiger partial charge is 0.129 e. The Kier molecular flexibility index (Phi) is 4.47. The van der Waals surface area contributed by atoms with Gasteiger partial charge in [-0.25, -0.2) is 4.39 Å². The summed E-state index contributed by atoms with van der Waals surface area (Å²) in [6, 6.07) is 8.38. The van der Waals surface area contributed by atoms with Crippen LogP contribution in [-0.2, 0) is 6.54 Å². The predicted molar refractivity (Wildman–Crippen MR) is 72.1 cm³/mol. The van der Waals surface area contributed by atoms with Crippen LogP contribution in [0.2, 0.25) is 0 Å². The Morgan fingerprint density at radius 1 is 1.33 bits per heavy atom. The van der Waals surface area contributed by atoms with Crippen molar-refractivity contribution < 1.29 is 9.50 Å². The zero-order chi connectivity index (χ0) is 13.0. The number of nitrogens with one attached hydrogen (secondary N) is 1. The van der Waals surface area contributed by atoms with Gasteiger partial charge in [0, 0.05) is 23.5 Å². The van der Waals surface area contributed by atoms with Gasteiger partial charge in [-0.3, -0.25) is 0 Å². The van der Waals surface area contributed by atoms with Crippen LogP contribution in [0.4, 0.5) is 4.39 Å². The lowest BCUT2D eigenvalue weighted by Gasteiger charge is -2.12. The van der Waals surface area contributed by atoms with Gasteiger partial charge in [-0.2, -0.15) is 0 Å². The Bertz CT molecular complexity index is 512. The van der Waals surface area contributed by atoms with Gasteiger partial charge in [-0.05, 0) is 30.0 Å². The molecular formula is C14H16FNOS. The summed E-state index contributed by atoms with van der Waals surface area (Å²) in [5.41, 5.74) is 1.58. The molecular weight excluding hydrogens is 249 g/mol. The SMILES string of the molecule is Cc1ccsc1CNCC(O)c1ccccc1F. The molecule has 1 unspecified atom stereocenters. The van der Waals surface area contributed by atoms with Crippen LogP contribution in [0.5, 0.6) is 0 Å². The second-order valence-electron chi connectivity index (χ2n) is 4.20. The van der Waals surface area contributed by atoms with Gasteiger partial charge in [0.25, 0.3) is 0 Å². The van der Waals surface area contributed by atoms with Gasteiger partial charge in [0.2, 0.25) is 0 Å². The lowest BCUT2D eigenvalue weighted by atomic mass is 10.1. The third-order valence-electron chi connectivity index (χ3n) is 2.86. The summed E-state index contributed by atoms with van der Waals surface area (Å²) in [7, 11) is 0. The number of rotatable bonds is 5. The van der Waals surface area contributed by atoms with Crippen LogP contribution >= 0.6 is 11.3 Å². The van der Waals surface area contributed by atoms with E-state index in [-0.39, 0.29) is 5.82 Å². The molecule has 0 amide bonds. The Balaban J connectivity index is 1.87. The van der Waals surface area contributed by atoms with E-state index in [9.17, 15) is 9.50 Å². The minimum Gasteiger partial charge on any atom is -0.387 e. The van der Waals surface area contributed by atoms with Gasteiger partial charge in [0.15, 0.2) is 0 Å². The average molecular weight is 265 g/mol. The molecule has 1 heterocycles. The standard InChI is InChI=1S/C14H16FNOS/c1-10-6-7-18-14(10)9-16-8-13(17)11-4-2-3-5-12(11)15/h2-7,13,16-17H,8-9H2,1H3. The highest BCUT2D eigenvalue weighted by Crippen LogP contribution is 2.17. The summed E-state index contributed by atoms with van der Waals surface area (Å²) in [5, 5.41) is 15.1.